The first kappa shape index (κ1) is 22.9. The Morgan fingerprint density at radius 1 is 1.34 bits per heavy atom. The summed E-state index contributed by atoms with van der Waals surface area (Å²) < 4.78 is 16.4. The molecule has 1 aliphatic heterocycles. The van der Waals surface area contributed by atoms with Crippen molar-refractivity contribution in [3.05, 3.63) is 46.9 Å². The molecule has 10 nitrogen and oxygen atoms in total. The van der Waals surface area contributed by atoms with Crippen LogP contribution in [0, 0.1) is 13.8 Å². The predicted octanol–water partition coefficient (Wildman–Crippen LogP) is 1.69. The Morgan fingerprint density at radius 3 is 2.78 bits per heavy atom. The minimum atomic E-state index is -1.15. The van der Waals surface area contributed by atoms with Crippen molar-refractivity contribution < 1.29 is 33.5 Å². The Bertz CT molecular complexity index is 1020. The standard InChI is InChI=1S/C22H25N3O7/c1-13-16(14(2)32-24-13)12-31-18-6-4-15(10-19(18)30-3)5-7-20(26)25-9-8-23-22(29)17(25)11-21(27)28/h4-7,10,17H,8-9,11-12H2,1-3H3,(H,23,29)(H,27,28). The Kier molecular flexibility index (Phi) is 7.14. The van der Waals surface area contributed by atoms with E-state index in [1.807, 2.05) is 13.8 Å². The summed E-state index contributed by atoms with van der Waals surface area (Å²) in [7, 11) is 1.51. The number of aromatic nitrogens is 1. The molecule has 0 spiro atoms. The lowest BCUT2D eigenvalue weighted by Gasteiger charge is -2.33. The fourth-order valence-corrected chi connectivity index (χ4v) is 3.38. The van der Waals surface area contributed by atoms with E-state index in [4.69, 9.17) is 19.1 Å². The highest BCUT2D eigenvalue weighted by atomic mass is 16.5. The fourth-order valence-electron chi connectivity index (χ4n) is 3.38. The first-order chi connectivity index (χ1) is 15.3. The molecule has 2 N–H and O–H groups in total. The van der Waals surface area contributed by atoms with Crippen LogP contribution in [0.1, 0.15) is 29.0 Å². The van der Waals surface area contributed by atoms with Gasteiger partial charge in [0.25, 0.3) is 0 Å². The van der Waals surface area contributed by atoms with Gasteiger partial charge in [0.2, 0.25) is 11.8 Å². The van der Waals surface area contributed by atoms with Gasteiger partial charge in [-0.2, -0.15) is 0 Å². The highest BCUT2D eigenvalue weighted by Crippen LogP contribution is 2.30. The van der Waals surface area contributed by atoms with Crippen molar-refractivity contribution in [1.82, 2.24) is 15.4 Å². The van der Waals surface area contributed by atoms with Crippen LogP contribution in [0.5, 0.6) is 11.5 Å². The van der Waals surface area contributed by atoms with Crippen LogP contribution in [-0.4, -0.2) is 59.2 Å². The van der Waals surface area contributed by atoms with E-state index in [-0.39, 0.29) is 19.7 Å². The van der Waals surface area contributed by atoms with Crippen molar-refractivity contribution in [3.63, 3.8) is 0 Å². The van der Waals surface area contributed by atoms with E-state index in [0.29, 0.717) is 22.8 Å². The van der Waals surface area contributed by atoms with E-state index in [2.05, 4.69) is 10.5 Å². The van der Waals surface area contributed by atoms with Crippen LogP contribution in [0.4, 0.5) is 0 Å². The second kappa shape index (κ2) is 9.99. The van der Waals surface area contributed by atoms with Gasteiger partial charge in [0.15, 0.2) is 11.5 Å². The van der Waals surface area contributed by atoms with E-state index in [9.17, 15) is 14.4 Å². The Labute approximate surface area is 184 Å². The molecule has 170 valence electrons. The normalized spacial score (nSPS) is 16.2. The van der Waals surface area contributed by atoms with E-state index in [1.165, 1.54) is 18.1 Å². The molecule has 1 atom stereocenters. The number of nitrogens with zero attached hydrogens (tertiary/aromatic N) is 2. The molecule has 1 unspecified atom stereocenters. The van der Waals surface area contributed by atoms with Crippen molar-refractivity contribution in [2.45, 2.75) is 32.9 Å². The molecule has 1 aliphatic rings. The molecule has 0 aliphatic carbocycles. The number of methoxy groups -OCH3 is 1. The number of hydrogen-bond acceptors (Lipinski definition) is 7. The number of ether oxygens (including phenoxy) is 2. The Morgan fingerprint density at radius 2 is 2.12 bits per heavy atom. The van der Waals surface area contributed by atoms with Crippen LogP contribution in [-0.2, 0) is 21.0 Å². The summed E-state index contributed by atoms with van der Waals surface area (Å²) >= 11 is 0. The highest BCUT2D eigenvalue weighted by molar-refractivity contribution is 5.97. The molecule has 2 heterocycles. The van der Waals surface area contributed by atoms with Gasteiger partial charge in [0.1, 0.15) is 18.4 Å². The number of amides is 2. The summed E-state index contributed by atoms with van der Waals surface area (Å²) in [5.41, 5.74) is 2.30. The lowest BCUT2D eigenvalue weighted by Crippen LogP contribution is -2.57. The monoisotopic (exact) mass is 443 g/mol. The largest absolute Gasteiger partial charge is 0.493 e. The number of piperazine rings is 1. The predicted molar refractivity (Wildman–Crippen MR) is 113 cm³/mol. The Balaban J connectivity index is 1.70. The number of aliphatic carboxylic acids is 1. The van der Waals surface area contributed by atoms with Crippen LogP contribution in [0.3, 0.4) is 0 Å². The SMILES string of the molecule is COc1cc(C=CC(=O)N2CCNC(=O)C2CC(=O)O)ccc1OCc1c(C)noc1C. The van der Waals surface area contributed by atoms with Gasteiger partial charge in [0, 0.05) is 19.2 Å². The summed E-state index contributed by atoms with van der Waals surface area (Å²) in [6.45, 7) is 4.44. The van der Waals surface area contributed by atoms with Crippen molar-refractivity contribution in [2.24, 2.45) is 0 Å². The summed E-state index contributed by atoms with van der Waals surface area (Å²) in [5.74, 6) is -0.374. The second-order valence-corrected chi connectivity index (χ2v) is 7.27. The van der Waals surface area contributed by atoms with Crippen molar-refractivity contribution in [3.8, 4) is 11.5 Å². The molecule has 1 saturated heterocycles. The van der Waals surface area contributed by atoms with E-state index >= 15 is 0 Å². The molecule has 3 rings (SSSR count). The fraction of sp³-hybridized carbons (Fsp3) is 0.364. The summed E-state index contributed by atoms with van der Waals surface area (Å²) in [6.07, 6.45) is 2.44. The molecule has 1 aromatic heterocycles. The van der Waals surface area contributed by atoms with Gasteiger partial charge in [-0.15, -0.1) is 0 Å². The van der Waals surface area contributed by atoms with Crippen molar-refractivity contribution >= 4 is 23.9 Å². The van der Waals surface area contributed by atoms with Crippen LogP contribution >= 0.6 is 0 Å². The molecule has 1 fully saturated rings. The minimum Gasteiger partial charge on any atom is -0.493 e. The average Bonchev–Trinajstić information content (AvgIpc) is 3.09. The van der Waals surface area contributed by atoms with Crippen LogP contribution in [0.15, 0.2) is 28.8 Å². The quantitative estimate of drug-likeness (QED) is 0.590. The third kappa shape index (κ3) is 5.26. The summed E-state index contributed by atoms with van der Waals surface area (Å²) in [5, 5.41) is 15.5. The molecule has 10 heteroatoms. The number of aryl methyl sites for hydroxylation is 2. The minimum absolute atomic E-state index is 0.241. The number of carboxylic acid groups (broad SMARTS) is 1. The Hall–Kier alpha value is -3.82. The van der Waals surface area contributed by atoms with Gasteiger partial charge in [-0.25, -0.2) is 0 Å². The van der Waals surface area contributed by atoms with E-state index in [1.54, 1.807) is 24.3 Å². The number of carboxylic acids is 1. The van der Waals surface area contributed by atoms with Crippen LogP contribution < -0.4 is 14.8 Å². The third-order valence-electron chi connectivity index (χ3n) is 5.14. The average molecular weight is 443 g/mol. The molecule has 2 aromatic rings. The first-order valence-electron chi connectivity index (χ1n) is 10.0. The number of carbonyl (C=O) groups excluding carboxylic acids is 2. The summed E-state index contributed by atoms with van der Waals surface area (Å²) in [4.78, 5) is 36.9. The zero-order valence-corrected chi connectivity index (χ0v) is 18.1. The molecule has 2 amide bonds. The second-order valence-electron chi connectivity index (χ2n) is 7.27. The maximum atomic E-state index is 12.6. The lowest BCUT2D eigenvalue weighted by molar-refractivity contribution is -0.146. The van der Waals surface area contributed by atoms with Crippen LogP contribution in [0.25, 0.3) is 6.08 Å². The number of nitrogens with one attached hydrogen (secondary N) is 1. The van der Waals surface area contributed by atoms with Gasteiger partial charge in [-0.1, -0.05) is 11.2 Å². The van der Waals surface area contributed by atoms with E-state index in [0.717, 1.165) is 11.3 Å². The molecule has 1 aromatic carbocycles. The van der Waals surface area contributed by atoms with Gasteiger partial charge < -0.3 is 29.3 Å². The number of rotatable bonds is 8. The maximum Gasteiger partial charge on any atom is 0.305 e. The van der Waals surface area contributed by atoms with Gasteiger partial charge in [-0.05, 0) is 37.6 Å². The molecule has 0 bridgehead atoms. The molecule has 0 radical (unpaired) electrons. The van der Waals surface area contributed by atoms with Gasteiger partial charge in [-0.3, -0.25) is 14.4 Å². The first-order valence-corrected chi connectivity index (χ1v) is 10.0. The van der Waals surface area contributed by atoms with Gasteiger partial charge in [0.05, 0.1) is 24.8 Å². The van der Waals surface area contributed by atoms with Crippen molar-refractivity contribution in [2.75, 3.05) is 20.2 Å². The number of carbonyl (C=O) groups is 3. The van der Waals surface area contributed by atoms with Gasteiger partial charge >= 0.3 is 5.97 Å². The highest BCUT2D eigenvalue weighted by Gasteiger charge is 2.33. The van der Waals surface area contributed by atoms with Crippen LogP contribution in [0.2, 0.25) is 0 Å². The number of benzene rings is 1. The third-order valence-corrected chi connectivity index (χ3v) is 5.14. The smallest absolute Gasteiger partial charge is 0.305 e. The lowest BCUT2D eigenvalue weighted by atomic mass is 10.1. The zero-order valence-electron chi connectivity index (χ0n) is 18.1. The molecular weight excluding hydrogens is 418 g/mol. The number of hydrogen-bond donors (Lipinski definition) is 2. The molecular formula is C22H25N3O7. The zero-order chi connectivity index (χ0) is 23.3. The molecule has 32 heavy (non-hydrogen) atoms. The van der Waals surface area contributed by atoms with Crippen molar-refractivity contribution in [1.29, 1.82) is 0 Å². The summed E-state index contributed by atoms with van der Waals surface area (Å²) in [6, 6.07) is 4.16. The topological polar surface area (TPSA) is 131 Å². The van der Waals surface area contributed by atoms with E-state index < -0.39 is 30.2 Å². The molecule has 0 saturated carbocycles. The maximum absolute atomic E-state index is 12.6.